The number of carbonyl (C=O) groups is 1. The van der Waals surface area contributed by atoms with E-state index in [-0.39, 0.29) is 5.91 Å². The molecule has 0 aromatic rings. The molecule has 0 aromatic carbocycles. The second-order valence-corrected chi connectivity index (χ2v) is 6.42. The normalized spacial score (nSPS) is 10.6. The van der Waals surface area contributed by atoms with E-state index in [9.17, 15) is 4.79 Å². The highest BCUT2D eigenvalue weighted by atomic mass is 16.2. The molecular weight excluding hydrogens is 270 g/mol. The third kappa shape index (κ3) is 12.9. The summed E-state index contributed by atoms with van der Waals surface area (Å²) < 4.78 is 0. The minimum Gasteiger partial charge on any atom is -0.339 e. The van der Waals surface area contributed by atoms with Gasteiger partial charge in [0.15, 0.2) is 0 Å². The first-order chi connectivity index (χ1) is 10.8. The average Bonchev–Trinajstić information content (AvgIpc) is 2.54. The lowest BCUT2D eigenvalue weighted by molar-refractivity contribution is -0.126. The summed E-state index contributed by atoms with van der Waals surface area (Å²) in [4.78, 5) is 13.9. The highest BCUT2D eigenvalue weighted by Crippen LogP contribution is 2.10. The third-order valence-electron chi connectivity index (χ3n) is 4.30. The van der Waals surface area contributed by atoms with Gasteiger partial charge < -0.3 is 4.90 Å². The number of carbonyl (C=O) groups excluding carboxylic acids is 1. The van der Waals surface area contributed by atoms with E-state index in [1.807, 2.05) is 4.90 Å². The second kappa shape index (κ2) is 16.6. The third-order valence-corrected chi connectivity index (χ3v) is 4.30. The van der Waals surface area contributed by atoms with Crippen molar-refractivity contribution in [2.75, 3.05) is 13.1 Å². The van der Waals surface area contributed by atoms with Gasteiger partial charge in [-0.25, -0.2) is 0 Å². The summed E-state index contributed by atoms with van der Waals surface area (Å²) in [6, 6.07) is 0. The smallest absolute Gasteiger partial charge is 0.245 e. The molecule has 0 radical (unpaired) electrons. The van der Waals surface area contributed by atoms with Crippen molar-refractivity contribution < 1.29 is 4.79 Å². The fourth-order valence-corrected chi connectivity index (χ4v) is 2.80. The van der Waals surface area contributed by atoms with Crippen LogP contribution in [0.15, 0.2) is 12.7 Å². The maximum atomic E-state index is 11.9. The Morgan fingerprint density at radius 2 is 1.09 bits per heavy atom. The van der Waals surface area contributed by atoms with Gasteiger partial charge in [0.25, 0.3) is 0 Å². The van der Waals surface area contributed by atoms with Crippen molar-refractivity contribution in [1.82, 2.24) is 4.90 Å². The molecule has 0 heterocycles. The maximum absolute atomic E-state index is 11.9. The molecule has 2 nitrogen and oxygen atoms in total. The molecule has 0 aliphatic rings. The zero-order valence-corrected chi connectivity index (χ0v) is 15.2. The quantitative estimate of drug-likeness (QED) is 0.249. The Hall–Kier alpha value is -0.790. The van der Waals surface area contributed by atoms with Crippen LogP contribution >= 0.6 is 0 Å². The van der Waals surface area contributed by atoms with Crippen molar-refractivity contribution in [2.24, 2.45) is 0 Å². The fourth-order valence-electron chi connectivity index (χ4n) is 2.80. The summed E-state index contributed by atoms with van der Waals surface area (Å²) in [7, 11) is 0. The van der Waals surface area contributed by atoms with Crippen LogP contribution in [0.3, 0.4) is 0 Å². The number of amides is 1. The van der Waals surface area contributed by atoms with E-state index < -0.39 is 0 Å². The van der Waals surface area contributed by atoms with Crippen LogP contribution in [0, 0.1) is 0 Å². The zero-order chi connectivity index (χ0) is 16.5. The molecule has 130 valence electrons. The Balaban J connectivity index is 3.67. The van der Waals surface area contributed by atoms with Crippen molar-refractivity contribution in [2.45, 2.75) is 97.3 Å². The molecule has 0 bridgehead atoms. The maximum Gasteiger partial charge on any atom is 0.245 e. The SMILES string of the molecule is C=CC(=O)N(CCCCCCC)CCCCCCCCCC. The van der Waals surface area contributed by atoms with Crippen LogP contribution in [0.1, 0.15) is 97.3 Å². The van der Waals surface area contributed by atoms with Gasteiger partial charge in [0.1, 0.15) is 0 Å². The Kier molecular flexibility index (Phi) is 16.0. The van der Waals surface area contributed by atoms with Gasteiger partial charge in [-0.1, -0.05) is 91.1 Å². The van der Waals surface area contributed by atoms with Gasteiger partial charge in [-0.3, -0.25) is 4.79 Å². The molecule has 0 unspecified atom stereocenters. The van der Waals surface area contributed by atoms with Gasteiger partial charge in [-0.15, -0.1) is 0 Å². The fraction of sp³-hybridized carbons (Fsp3) is 0.850. The Bertz CT molecular complexity index is 262. The molecule has 0 N–H and O–H groups in total. The molecule has 0 spiro atoms. The number of unbranched alkanes of at least 4 members (excludes halogenated alkanes) is 11. The predicted octanol–water partition coefficient (Wildman–Crippen LogP) is 6.11. The summed E-state index contributed by atoms with van der Waals surface area (Å²) in [6.45, 7) is 9.94. The standard InChI is InChI=1S/C20H39NO/c1-4-7-9-11-12-13-15-17-19-21(20(22)6-3)18-16-14-10-8-5-2/h6H,3-5,7-19H2,1-2H3. The van der Waals surface area contributed by atoms with Crippen molar-refractivity contribution in [3.05, 3.63) is 12.7 Å². The Morgan fingerprint density at radius 3 is 1.45 bits per heavy atom. The predicted molar refractivity (Wildman–Crippen MR) is 98.1 cm³/mol. The van der Waals surface area contributed by atoms with Crippen LogP contribution in [0.25, 0.3) is 0 Å². The number of rotatable bonds is 16. The van der Waals surface area contributed by atoms with E-state index in [1.54, 1.807) is 0 Å². The van der Waals surface area contributed by atoms with Crippen LogP contribution in [-0.4, -0.2) is 23.9 Å². The summed E-state index contributed by atoms with van der Waals surface area (Å²) in [5, 5.41) is 0. The average molecular weight is 310 g/mol. The summed E-state index contributed by atoms with van der Waals surface area (Å²) in [6.07, 6.45) is 18.2. The van der Waals surface area contributed by atoms with Crippen LogP contribution < -0.4 is 0 Å². The number of hydrogen-bond donors (Lipinski definition) is 0. The second-order valence-electron chi connectivity index (χ2n) is 6.42. The first-order valence-electron chi connectivity index (χ1n) is 9.67. The largest absolute Gasteiger partial charge is 0.339 e. The molecule has 1 amide bonds. The first-order valence-corrected chi connectivity index (χ1v) is 9.67. The van der Waals surface area contributed by atoms with Crippen LogP contribution in [0.2, 0.25) is 0 Å². The van der Waals surface area contributed by atoms with Gasteiger partial charge in [0.2, 0.25) is 5.91 Å². The monoisotopic (exact) mass is 309 g/mol. The first kappa shape index (κ1) is 21.2. The molecule has 0 saturated carbocycles. The lowest BCUT2D eigenvalue weighted by atomic mass is 10.1. The Morgan fingerprint density at radius 1 is 0.727 bits per heavy atom. The number of nitrogens with zero attached hydrogens (tertiary/aromatic N) is 1. The van der Waals surface area contributed by atoms with Crippen LogP contribution in [0.4, 0.5) is 0 Å². The highest BCUT2D eigenvalue weighted by Gasteiger charge is 2.08. The lowest BCUT2D eigenvalue weighted by Gasteiger charge is -2.21. The van der Waals surface area contributed by atoms with Gasteiger partial charge in [-0.2, -0.15) is 0 Å². The minimum atomic E-state index is 0.110. The number of hydrogen-bond acceptors (Lipinski definition) is 1. The molecular formula is C20H39NO. The Labute approximate surface area is 139 Å². The molecule has 0 aliphatic carbocycles. The van der Waals surface area contributed by atoms with Gasteiger partial charge in [0, 0.05) is 13.1 Å². The minimum absolute atomic E-state index is 0.110. The van der Waals surface area contributed by atoms with Gasteiger partial charge >= 0.3 is 0 Å². The van der Waals surface area contributed by atoms with E-state index in [1.165, 1.54) is 76.7 Å². The van der Waals surface area contributed by atoms with Crippen molar-refractivity contribution in [3.8, 4) is 0 Å². The molecule has 2 heteroatoms. The van der Waals surface area contributed by atoms with E-state index in [2.05, 4.69) is 20.4 Å². The molecule has 0 saturated heterocycles. The lowest BCUT2D eigenvalue weighted by Crippen LogP contribution is -2.31. The van der Waals surface area contributed by atoms with E-state index in [0.29, 0.717) is 0 Å². The van der Waals surface area contributed by atoms with Gasteiger partial charge in [0.05, 0.1) is 0 Å². The highest BCUT2D eigenvalue weighted by molar-refractivity contribution is 5.86. The van der Waals surface area contributed by atoms with Crippen molar-refractivity contribution in [1.29, 1.82) is 0 Å². The topological polar surface area (TPSA) is 20.3 Å². The molecule has 22 heavy (non-hydrogen) atoms. The summed E-state index contributed by atoms with van der Waals surface area (Å²) in [5.41, 5.74) is 0. The van der Waals surface area contributed by atoms with E-state index >= 15 is 0 Å². The van der Waals surface area contributed by atoms with E-state index in [4.69, 9.17) is 0 Å². The molecule has 0 aromatic heterocycles. The zero-order valence-electron chi connectivity index (χ0n) is 15.2. The van der Waals surface area contributed by atoms with Crippen molar-refractivity contribution >= 4 is 5.91 Å². The van der Waals surface area contributed by atoms with E-state index in [0.717, 1.165) is 25.9 Å². The summed E-state index contributed by atoms with van der Waals surface area (Å²) in [5.74, 6) is 0.110. The van der Waals surface area contributed by atoms with Gasteiger partial charge in [-0.05, 0) is 18.9 Å². The van der Waals surface area contributed by atoms with Crippen LogP contribution in [-0.2, 0) is 4.79 Å². The van der Waals surface area contributed by atoms with Crippen molar-refractivity contribution in [3.63, 3.8) is 0 Å². The molecule has 0 aliphatic heterocycles. The molecule has 0 rings (SSSR count). The molecule has 0 atom stereocenters. The van der Waals surface area contributed by atoms with Crippen LogP contribution in [0.5, 0.6) is 0 Å². The molecule has 0 fully saturated rings. The summed E-state index contributed by atoms with van der Waals surface area (Å²) >= 11 is 0.